The third-order valence-corrected chi connectivity index (χ3v) is 5.07. The summed E-state index contributed by atoms with van der Waals surface area (Å²) in [5.74, 6) is 0. The van der Waals surface area contributed by atoms with E-state index in [2.05, 4.69) is 39.5 Å². The Morgan fingerprint density at radius 2 is 1.72 bits per heavy atom. The highest BCUT2D eigenvalue weighted by atomic mass is 16.5. The molecule has 2 saturated heterocycles. The zero-order valence-electron chi connectivity index (χ0n) is 16.6. The highest BCUT2D eigenvalue weighted by Gasteiger charge is 2.18. The van der Waals surface area contributed by atoms with Crippen molar-refractivity contribution in [1.82, 2.24) is 15.4 Å². The van der Waals surface area contributed by atoms with E-state index in [9.17, 15) is 5.21 Å². The maximum absolute atomic E-state index is 9.61. The van der Waals surface area contributed by atoms with Crippen molar-refractivity contribution < 1.29 is 14.4 Å². The molecule has 2 N–H and O–H groups in total. The zero-order valence-corrected chi connectivity index (χ0v) is 16.6. The first-order valence-corrected chi connectivity index (χ1v) is 10.2. The van der Waals surface area contributed by atoms with Gasteiger partial charge in [0.15, 0.2) is 5.58 Å². The van der Waals surface area contributed by atoms with E-state index < -0.39 is 0 Å². The summed E-state index contributed by atoms with van der Waals surface area (Å²) in [6.07, 6.45) is 0.893. The number of nitrogens with zero attached hydrogens (tertiary/aromatic N) is 3. The number of nitrogens with one attached hydrogen (secondary N) is 1. The van der Waals surface area contributed by atoms with Crippen LogP contribution in [-0.4, -0.2) is 67.7 Å². The average Bonchev–Trinajstić information content (AvgIpc) is 3.09. The summed E-state index contributed by atoms with van der Waals surface area (Å²) in [5, 5.41) is 14.1. The lowest BCUT2D eigenvalue weighted by atomic mass is 10.1. The second-order valence-electron chi connectivity index (χ2n) is 7.20. The normalized spacial score (nSPS) is 18.2. The lowest BCUT2D eigenvalue weighted by Gasteiger charge is -2.17. The summed E-state index contributed by atoms with van der Waals surface area (Å²) in [6.45, 7) is 6.69. The van der Waals surface area contributed by atoms with Gasteiger partial charge in [-0.3, -0.25) is 0 Å². The number of oxazole rings is 1. The molecule has 0 radical (unpaired) electrons. The SMILES string of the molecule is C1COCCN1.ON1CCCN(c2nc3cc(-c4ccccc4)ccc3o2)CC1. The maximum Gasteiger partial charge on any atom is 0.298 e. The molecule has 3 heterocycles. The van der Waals surface area contributed by atoms with Crippen molar-refractivity contribution in [3.8, 4) is 11.1 Å². The number of hydrogen-bond acceptors (Lipinski definition) is 7. The monoisotopic (exact) mass is 396 g/mol. The first-order chi connectivity index (χ1) is 14.3. The molecule has 2 aliphatic heterocycles. The molecule has 2 aliphatic rings. The summed E-state index contributed by atoms with van der Waals surface area (Å²) >= 11 is 0. The van der Waals surface area contributed by atoms with Crippen LogP contribution in [0.2, 0.25) is 0 Å². The van der Waals surface area contributed by atoms with Crippen molar-refractivity contribution in [2.24, 2.45) is 0 Å². The first-order valence-electron chi connectivity index (χ1n) is 10.2. The fourth-order valence-electron chi connectivity index (χ4n) is 3.47. The van der Waals surface area contributed by atoms with E-state index in [0.29, 0.717) is 19.1 Å². The van der Waals surface area contributed by atoms with Crippen LogP contribution in [0.4, 0.5) is 6.01 Å². The van der Waals surface area contributed by atoms with Gasteiger partial charge < -0.3 is 24.6 Å². The summed E-state index contributed by atoms with van der Waals surface area (Å²) < 4.78 is 10.9. The second-order valence-corrected chi connectivity index (χ2v) is 7.20. The van der Waals surface area contributed by atoms with E-state index in [1.54, 1.807) is 0 Å². The number of hydroxylamine groups is 2. The molecule has 154 valence electrons. The van der Waals surface area contributed by atoms with Gasteiger partial charge in [0, 0.05) is 39.3 Å². The Kier molecular flexibility index (Phi) is 6.74. The standard InChI is InChI=1S/C18H19N3O2.C4H9NO/c22-21-10-4-9-20(11-12-21)18-19-16-13-15(7-8-17(16)23-18)14-5-2-1-3-6-14;1-3-6-4-2-5-1/h1-3,5-8,13,22H,4,9-12H2;5H,1-4H2. The summed E-state index contributed by atoms with van der Waals surface area (Å²) in [5.41, 5.74) is 3.97. The Morgan fingerprint density at radius 3 is 2.45 bits per heavy atom. The first kappa shape index (κ1) is 19.8. The maximum atomic E-state index is 9.61. The molecule has 3 aromatic rings. The molecule has 2 fully saturated rings. The molecule has 1 aromatic heterocycles. The minimum Gasteiger partial charge on any atom is -0.423 e. The number of benzene rings is 2. The lowest BCUT2D eigenvalue weighted by Crippen LogP contribution is -2.30. The van der Waals surface area contributed by atoms with E-state index in [0.717, 1.165) is 62.5 Å². The molecule has 5 rings (SSSR count). The van der Waals surface area contributed by atoms with Crippen LogP contribution >= 0.6 is 0 Å². The van der Waals surface area contributed by atoms with Crippen LogP contribution in [0.3, 0.4) is 0 Å². The molecule has 0 amide bonds. The minimum atomic E-state index is 0.605. The molecule has 7 nitrogen and oxygen atoms in total. The van der Waals surface area contributed by atoms with Crippen molar-refractivity contribution in [3.63, 3.8) is 0 Å². The molecule has 0 atom stereocenters. The minimum absolute atomic E-state index is 0.605. The van der Waals surface area contributed by atoms with Gasteiger partial charge in [-0.2, -0.15) is 10.0 Å². The molecule has 7 heteroatoms. The van der Waals surface area contributed by atoms with Crippen LogP contribution in [0.1, 0.15) is 6.42 Å². The second kappa shape index (κ2) is 9.84. The number of aromatic nitrogens is 1. The van der Waals surface area contributed by atoms with Gasteiger partial charge in [-0.25, -0.2) is 0 Å². The third kappa shape index (κ3) is 5.33. The Hall–Kier alpha value is -2.45. The lowest BCUT2D eigenvalue weighted by molar-refractivity contribution is -0.0843. The van der Waals surface area contributed by atoms with Crippen molar-refractivity contribution in [2.45, 2.75) is 6.42 Å². The summed E-state index contributed by atoms with van der Waals surface area (Å²) in [7, 11) is 0. The Balaban J connectivity index is 0.000000294. The predicted molar refractivity (Wildman–Crippen MR) is 113 cm³/mol. The molecule has 2 aromatic carbocycles. The van der Waals surface area contributed by atoms with Gasteiger partial charge in [-0.1, -0.05) is 36.4 Å². The van der Waals surface area contributed by atoms with Crippen LogP contribution in [0.5, 0.6) is 0 Å². The molecular weight excluding hydrogens is 368 g/mol. The smallest absolute Gasteiger partial charge is 0.298 e. The van der Waals surface area contributed by atoms with Crippen LogP contribution in [-0.2, 0) is 4.74 Å². The van der Waals surface area contributed by atoms with Crippen LogP contribution in [0.25, 0.3) is 22.2 Å². The fraction of sp³-hybridized carbons (Fsp3) is 0.409. The Morgan fingerprint density at radius 1 is 0.897 bits per heavy atom. The van der Waals surface area contributed by atoms with Gasteiger partial charge in [-0.05, 0) is 29.7 Å². The molecule has 0 aliphatic carbocycles. The Bertz CT molecular complexity index is 884. The quantitative estimate of drug-likeness (QED) is 0.690. The predicted octanol–water partition coefficient (Wildman–Crippen LogP) is 3.00. The highest BCUT2D eigenvalue weighted by Crippen LogP contribution is 2.27. The molecule has 0 bridgehead atoms. The topological polar surface area (TPSA) is 74.0 Å². The number of anilines is 1. The molecule has 0 saturated carbocycles. The number of hydrogen-bond donors (Lipinski definition) is 2. The van der Waals surface area contributed by atoms with E-state index in [-0.39, 0.29) is 0 Å². The van der Waals surface area contributed by atoms with Crippen molar-refractivity contribution in [3.05, 3.63) is 48.5 Å². The summed E-state index contributed by atoms with van der Waals surface area (Å²) in [6, 6.07) is 17.0. The third-order valence-electron chi connectivity index (χ3n) is 5.07. The molecular formula is C22H28N4O3. The highest BCUT2D eigenvalue weighted by molar-refractivity contribution is 5.81. The van der Waals surface area contributed by atoms with Crippen LogP contribution in [0, 0.1) is 0 Å². The average molecular weight is 396 g/mol. The molecule has 29 heavy (non-hydrogen) atoms. The van der Waals surface area contributed by atoms with Gasteiger partial charge in [-0.15, -0.1) is 0 Å². The van der Waals surface area contributed by atoms with Gasteiger partial charge in [0.2, 0.25) is 0 Å². The van der Waals surface area contributed by atoms with Gasteiger partial charge in [0.1, 0.15) is 5.52 Å². The van der Waals surface area contributed by atoms with Crippen molar-refractivity contribution in [2.75, 3.05) is 57.4 Å². The number of rotatable bonds is 2. The van der Waals surface area contributed by atoms with E-state index >= 15 is 0 Å². The van der Waals surface area contributed by atoms with Crippen molar-refractivity contribution >= 4 is 17.1 Å². The zero-order chi connectivity index (χ0) is 19.9. The molecule has 0 spiro atoms. The van der Waals surface area contributed by atoms with Gasteiger partial charge in [0.25, 0.3) is 6.01 Å². The fourth-order valence-corrected chi connectivity index (χ4v) is 3.47. The summed E-state index contributed by atoms with van der Waals surface area (Å²) in [4.78, 5) is 6.74. The van der Waals surface area contributed by atoms with E-state index in [1.165, 1.54) is 10.6 Å². The Labute approximate surface area is 170 Å². The van der Waals surface area contributed by atoms with Crippen LogP contribution in [0.15, 0.2) is 52.9 Å². The van der Waals surface area contributed by atoms with Crippen molar-refractivity contribution in [1.29, 1.82) is 0 Å². The number of fused-ring (bicyclic) bond motifs is 1. The van der Waals surface area contributed by atoms with Gasteiger partial charge >= 0.3 is 0 Å². The van der Waals surface area contributed by atoms with Gasteiger partial charge in [0.05, 0.1) is 13.2 Å². The molecule has 0 unspecified atom stereocenters. The van der Waals surface area contributed by atoms with E-state index in [4.69, 9.17) is 9.15 Å². The number of morpholine rings is 1. The largest absolute Gasteiger partial charge is 0.423 e. The van der Waals surface area contributed by atoms with E-state index in [1.807, 2.05) is 24.3 Å². The number of ether oxygens (including phenoxy) is 1. The van der Waals surface area contributed by atoms with Crippen LogP contribution < -0.4 is 10.2 Å².